The maximum absolute atomic E-state index is 13.6. The highest BCUT2D eigenvalue weighted by atomic mass is 32.2. The number of fused-ring (bicyclic) bond motifs is 3. The van der Waals surface area contributed by atoms with E-state index in [0.29, 0.717) is 21.8 Å². The van der Waals surface area contributed by atoms with Gasteiger partial charge in [-0.05, 0) is 56.7 Å². The van der Waals surface area contributed by atoms with Crippen LogP contribution in [0.4, 0.5) is 5.69 Å². The number of anilines is 1. The molecule has 1 atom stereocenters. The Labute approximate surface area is 207 Å². The van der Waals surface area contributed by atoms with E-state index in [1.165, 1.54) is 11.8 Å². The molecular formula is C27H25N5O2S. The normalized spacial score (nSPS) is 12.2. The number of amides is 1. The second kappa shape index (κ2) is 9.03. The van der Waals surface area contributed by atoms with E-state index in [9.17, 15) is 9.59 Å². The summed E-state index contributed by atoms with van der Waals surface area (Å²) in [6.07, 6.45) is 0. The van der Waals surface area contributed by atoms with Gasteiger partial charge in [0.1, 0.15) is 0 Å². The predicted molar refractivity (Wildman–Crippen MR) is 141 cm³/mol. The molecule has 176 valence electrons. The number of aromatic nitrogens is 4. The van der Waals surface area contributed by atoms with Crippen LogP contribution in [0.15, 0.2) is 82.7 Å². The average molecular weight is 484 g/mol. The summed E-state index contributed by atoms with van der Waals surface area (Å²) in [7, 11) is 1.77. The highest BCUT2D eigenvalue weighted by Gasteiger charge is 2.24. The number of carbonyl (C=O) groups is 1. The zero-order chi connectivity index (χ0) is 24.7. The first-order valence-corrected chi connectivity index (χ1v) is 12.2. The lowest BCUT2D eigenvalue weighted by Crippen LogP contribution is -2.33. The van der Waals surface area contributed by atoms with Gasteiger partial charge in [-0.1, -0.05) is 59.8 Å². The van der Waals surface area contributed by atoms with Crippen LogP contribution in [0.5, 0.6) is 0 Å². The third-order valence-electron chi connectivity index (χ3n) is 6.09. The zero-order valence-electron chi connectivity index (χ0n) is 20.0. The molecule has 0 aliphatic rings. The van der Waals surface area contributed by atoms with Crippen molar-refractivity contribution in [1.29, 1.82) is 0 Å². The van der Waals surface area contributed by atoms with E-state index < -0.39 is 5.25 Å². The first-order valence-electron chi connectivity index (χ1n) is 11.3. The molecule has 0 spiro atoms. The molecule has 7 nitrogen and oxygen atoms in total. The van der Waals surface area contributed by atoms with E-state index in [4.69, 9.17) is 0 Å². The molecule has 0 fully saturated rings. The number of hydrogen-bond donors (Lipinski definition) is 0. The van der Waals surface area contributed by atoms with Crippen molar-refractivity contribution in [3.63, 3.8) is 0 Å². The van der Waals surface area contributed by atoms with Crippen LogP contribution in [-0.4, -0.2) is 37.4 Å². The Morgan fingerprint density at radius 2 is 1.69 bits per heavy atom. The fourth-order valence-electron chi connectivity index (χ4n) is 4.29. The topological polar surface area (TPSA) is 72.5 Å². The van der Waals surface area contributed by atoms with E-state index in [2.05, 4.69) is 10.2 Å². The van der Waals surface area contributed by atoms with Crippen LogP contribution in [-0.2, 0) is 4.79 Å². The monoisotopic (exact) mass is 483 g/mol. The summed E-state index contributed by atoms with van der Waals surface area (Å²) < 4.78 is 3.48. The fourth-order valence-corrected chi connectivity index (χ4v) is 5.24. The zero-order valence-corrected chi connectivity index (χ0v) is 20.8. The Morgan fingerprint density at radius 3 is 2.43 bits per heavy atom. The quantitative estimate of drug-likeness (QED) is 0.336. The molecule has 5 aromatic rings. The largest absolute Gasteiger partial charge is 0.315 e. The van der Waals surface area contributed by atoms with Crippen LogP contribution in [0.3, 0.4) is 0 Å². The molecular weight excluding hydrogens is 458 g/mol. The van der Waals surface area contributed by atoms with Gasteiger partial charge < -0.3 is 4.90 Å². The molecule has 2 heterocycles. The summed E-state index contributed by atoms with van der Waals surface area (Å²) in [6.45, 7) is 5.86. The smallest absolute Gasteiger partial charge is 0.267 e. The minimum Gasteiger partial charge on any atom is -0.315 e. The fraction of sp³-hybridized carbons (Fsp3) is 0.185. The molecule has 3 aromatic carbocycles. The molecule has 0 saturated carbocycles. The first kappa shape index (κ1) is 22.9. The van der Waals surface area contributed by atoms with Crippen molar-refractivity contribution in [1.82, 2.24) is 19.2 Å². The highest BCUT2D eigenvalue weighted by Crippen LogP contribution is 2.28. The lowest BCUT2D eigenvalue weighted by molar-refractivity contribution is -0.117. The van der Waals surface area contributed by atoms with Crippen LogP contribution in [0.25, 0.3) is 22.4 Å². The van der Waals surface area contributed by atoms with Gasteiger partial charge in [-0.25, -0.2) is 4.57 Å². The summed E-state index contributed by atoms with van der Waals surface area (Å²) in [5.41, 5.74) is 4.21. The lowest BCUT2D eigenvalue weighted by atomic mass is 10.1. The molecule has 1 unspecified atom stereocenters. The summed E-state index contributed by atoms with van der Waals surface area (Å²) in [6, 6.07) is 22.9. The van der Waals surface area contributed by atoms with Crippen molar-refractivity contribution in [2.24, 2.45) is 0 Å². The SMILES string of the molecule is Cc1ccc(-n2c(=O)c3ccccc3n3c(SC(C)C(=O)N(C)c4ccccc4)nnc23)c(C)c1. The second-order valence-electron chi connectivity index (χ2n) is 8.56. The first-order chi connectivity index (χ1) is 16.9. The number of carbonyl (C=O) groups excluding carboxylic acids is 1. The van der Waals surface area contributed by atoms with Crippen LogP contribution < -0.4 is 10.5 Å². The van der Waals surface area contributed by atoms with Crippen molar-refractivity contribution >= 4 is 40.0 Å². The molecule has 35 heavy (non-hydrogen) atoms. The van der Waals surface area contributed by atoms with Gasteiger partial charge in [0.2, 0.25) is 11.7 Å². The number of hydrogen-bond acceptors (Lipinski definition) is 5. The molecule has 2 aromatic heterocycles. The molecule has 0 bridgehead atoms. The third kappa shape index (κ3) is 4.00. The van der Waals surface area contributed by atoms with Crippen molar-refractivity contribution in [2.45, 2.75) is 31.2 Å². The number of nitrogens with zero attached hydrogens (tertiary/aromatic N) is 5. The van der Waals surface area contributed by atoms with Gasteiger partial charge >= 0.3 is 0 Å². The minimum absolute atomic E-state index is 0.0510. The molecule has 0 aliphatic carbocycles. The van der Waals surface area contributed by atoms with Crippen molar-refractivity contribution in [3.05, 3.63) is 94.3 Å². The number of aryl methyl sites for hydroxylation is 2. The lowest BCUT2D eigenvalue weighted by Gasteiger charge is -2.21. The van der Waals surface area contributed by atoms with E-state index in [0.717, 1.165) is 22.5 Å². The van der Waals surface area contributed by atoms with E-state index in [1.54, 1.807) is 16.5 Å². The summed E-state index contributed by atoms with van der Waals surface area (Å²) in [5.74, 6) is 0.365. The maximum Gasteiger partial charge on any atom is 0.267 e. The van der Waals surface area contributed by atoms with E-state index in [1.807, 2.05) is 98.0 Å². The Balaban J connectivity index is 1.64. The van der Waals surface area contributed by atoms with Crippen molar-refractivity contribution in [3.8, 4) is 5.69 Å². The Hall–Kier alpha value is -3.91. The van der Waals surface area contributed by atoms with Gasteiger partial charge in [0.05, 0.1) is 21.8 Å². The molecule has 0 saturated heterocycles. The number of rotatable bonds is 5. The minimum atomic E-state index is -0.423. The molecule has 0 aliphatic heterocycles. The van der Waals surface area contributed by atoms with Gasteiger partial charge in [0.25, 0.3) is 5.56 Å². The molecule has 5 rings (SSSR count). The van der Waals surface area contributed by atoms with Gasteiger partial charge in [0, 0.05) is 12.7 Å². The van der Waals surface area contributed by atoms with Crippen LogP contribution in [0.1, 0.15) is 18.1 Å². The molecule has 8 heteroatoms. The summed E-state index contributed by atoms with van der Waals surface area (Å²) >= 11 is 1.32. The molecule has 0 radical (unpaired) electrons. The average Bonchev–Trinajstić information content (AvgIpc) is 3.28. The molecule has 1 amide bonds. The van der Waals surface area contributed by atoms with Crippen LogP contribution in [0, 0.1) is 13.8 Å². The van der Waals surface area contributed by atoms with Gasteiger partial charge in [-0.3, -0.25) is 14.0 Å². The molecule has 0 N–H and O–H groups in total. The van der Waals surface area contributed by atoms with Crippen LogP contribution >= 0.6 is 11.8 Å². The highest BCUT2D eigenvalue weighted by molar-refractivity contribution is 8.00. The number of para-hydroxylation sites is 2. The van der Waals surface area contributed by atoms with Gasteiger partial charge in [-0.15, -0.1) is 10.2 Å². The van der Waals surface area contributed by atoms with Crippen molar-refractivity contribution < 1.29 is 4.79 Å². The standard InChI is InChI=1S/C27H25N5O2S/c1-17-14-15-22(18(2)16-17)31-25(34)21-12-8-9-13-23(21)32-26(31)28-29-27(32)35-19(3)24(33)30(4)20-10-6-5-7-11-20/h5-16,19H,1-4H3. The Morgan fingerprint density at radius 1 is 0.971 bits per heavy atom. The van der Waals surface area contributed by atoms with E-state index >= 15 is 0 Å². The predicted octanol–water partition coefficient (Wildman–Crippen LogP) is 4.79. The summed E-state index contributed by atoms with van der Waals surface area (Å²) in [5, 5.41) is 9.52. The Kier molecular flexibility index (Phi) is 5.90. The summed E-state index contributed by atoms with van der Waals surface area (Å²) in [4.78, 5) is 28.4. The van der Waals surface area contributed by atoms with Gasteiger partial charge in [-0.2, -0.15) is 0 Å². The van der Waals surface area contributed by atoms with Crippen LogP contribution in [0.2, 0.25) is 0 Å². The number of thioether (sulfide) groups is 1. The maximum atomic E-state index is 13.6. The Bertz CT molecular complexity index is 1620. The van der Waals surface area contributed by atoms with Crippen molar-refractivity contribution in [2.75, 3.05) is 11.9 Å². The van der Waals surface area contributed by atoms with Gasteiger partial charge in [0.15, 0.2) is 5.16 Å². The number of benzene rings is 3. The third-order valence-corrected chi connectivity index (χ3v) is 7.12. The van der Waals surface area contributed by atoms with E-state index in [-0.39, 0.29) is 11.5 Å². The second-order valence-corrected chi connectivity index (χ2v) is 9.87.